The maximum Gasteiger partial charge on any atom is 0.323 e. The van der Waals surface area contributed by atoms with Gasteiger partial charge in [0.25, 0.3) is 0 Å². The Balaban J connectivity index is 1.52. The zero-order chi connectivity index (χ0) is 20.9. The summed E-state index contributed by atoms with van der Waals surface area (Å²) in [6.07, 6.45) is 0. The maximum atomic E-state index is 12.5. The fourth-order valence-electron chi connectivity index (χ4n) is 3.43. The van der Waals surface area contributed by atoms with Crippen LogP contribution < -0.4 is 10.6 Å². The predicted molar refractivity (Wildman–Crippen MR) is 122 cm³/mol. The van der Waals surface area contributed by atoms with Crippen molar-refractivity contribution in [3.63, 3.8) is 0 Å². The number of anilines is 2. The molecular weight excluding hydrogens is 394 g/mol. The zero-order valence-corrected chi connectivity index (χ0v) is 16.7. The van der Waals surface area contributed by atoms with Crippen molar-refractivity contribution >= 4 is 39.8 Å². The van der Waals surface area contributed by atoms with Gasteiger partial charge in [-0.25, -0.2) is 4.79 Å². The van der Waals surface area contributed by atoms with Gasteiger partial charge in [-0.1, -0.05) is 84.4 Å². The van der Waals surface area contributed by atoms with E-state index in [0.717, 1.165) is 22.0 Å². The number of amides is 2. The highest BCUT2D eigenvalue weighted by atomic mass is 35.5. The van der Waals surface area contributed by atoms with Gasteiger partial charge >= 0.3 is 6.03 Å². The van der Waals surface area contributed by atoms with Crippen molar-refractivity contribution in [2.75, 3.05) is 10.6 Å². The SMILES string of the molecule is N#C[C@H](c1ccccc1)c1ccc(NC(=O)Nc2cccc3ccccc23)cc1Cl. The topological polar surface area (TPSA) is 64.9 Å². The molecule has 0 bridgehead atoms. The van der Waals surface area contributed by atoms with Gasteiger partial charge in [0.05, 0.1) is 17.7 Å². The van der Waals surface area contributed by atoms with Gasteiger partial charge in [0.2, 0.25) is 0 Å². The van der Waals surface area contributed by atoms with E-state index in [1.807, 2.05) is 72.8 Å². The lowest BCUT2D eigenvalue weighted by Crippen LogP contribution is -2.19. The molecule has 2 N–H and O–H groups in total. The Kier molecular flexibility index (Phi) is 5.65. The van der Waals surface area contributed by atoms with Crippen LogP contribution >= 0.6 is 11.6 Å². The number of benzene rings is 4. The summed E-state index contributed by atoms with van der Waals surface area (Å²) in [5.41, 5.74) is 2.84. The Morgan fingerprint density at radius 2 is 1.60 bits per heavy atom. The molecule has 0 spiro atoms. The van der Waals surface area contributed by atoms with Gasteiger partial charge < -0.3 is 10.6 Å². The fraction of sp³-hybridized carbons (Fsp3) is 0.0400. The summed E-state index contributed by atoms with van der Waals surface area (Å²) in [6.45, 7) is 0. The van der Waals surface area contributed by atoms with E-state index in [0.29, 0.717) is 16.3 Å². The molecule has 2 amide bonds. The first-order valence-corrected chi connectivity index (χ1v) is 9.83. The molecule has 0 unspecified atom stereocenters. The van der Waals surface area contributed by atoms with E-state index in [2.05, 4.69) is 16.7 Å². The molecule has 0 aromatic heterocycles. The number of hydrogen-bond acceptors (Lipinski definition) is 2. The Morgan fingerprint density at radius 1 is 0.867 bits per heavy atom. The highest BCUT2D eigenvalue weighted by Gasteiger charge is 2.17. The maximum absolute atomic E-state index is 12.5. The predicted octanol–water partition coefficient (Wildman–Crippen LogP) is 6.79. The van der Waals surface area contributed by atoms with Crippen molar-refractivity contribution in [2.24, 2.45) is 0 Å². The highest BCUT2D eigenvalue weighted by Crippen LogP contribution is 2.32. The second kappa shape index (κ2) is 8.69. The van der Waals surface area contributed by atoms with Gasteiger partial charge in [0.15, 0.2) is 0 Å². The van der Waals surface area contributed by atoms with Crippen LogP contribution in [-0.4, -0.2) is 6.03 Å². The summed E-state index contributed by atoms with van der Waals surface area (Å²) in [7, 11) is 0. The molecule has 5 heteroatoms. The molecule has 0 saturated carbocycles. The third-order valence-corrected chi connectivity index (χ3v) is 5.20. The van der Waals surface area contributed by atoms with E-state index in [4.69, 9.17) is 11.6 Å². The van der Waals surface area contributed by atoms with Crippen molar-refractivity contribution in [1.29, 1.82) is 5.26 Å². The van der Waals surface area contributed by atoms with Gasteiger partial charge in [-0.2, -0.15) is 5.26 Å². The molecule has 146 valence electrons. The highest BCUT2D eigenvalue weighted by molar-refractivity contribution is 6.31. The molecule has 0 aliphatic carbocycles. The molecule has 0 heterocycles. The van der Waals surface area contributed by atoms with E-state index in [1.165, 1.54) is 0 Å². The number of nitrogens with zero attached hydrogens (tertiary/aromatic N) is 1. The number of carbonyl (C=O) groups is 1. The first-order valence-electron chi connectivity index (χ1n) is 9.45. The van der Waals surface area contributed by atoms with Crippen molar-refractivity contribution in [3.8, 4) is 6.07 Å². The van der Waals surface area contributed by atoms with Crippen LogP contribution in [0, 0.1) is 11.3 Å². The number of nitriles is 1. The minimum absolute atomic E-state index is 0.366. The van der Waals surface area contributed by atoms with Crippen LogP contribution in [0.1, 0.15) is 17.0 Å². The Bertz CT molecular complexity index is 1240. The monoisotopic (exact) mass is 411 g/mol. The molecule has 0 fully saturated rings. The Hall–Kier alpha value is -3.81. The van der Waals surface area contributed by atoms with Crippen LogP contribution in [0.5, 0.6) is 0 Å². The lowest BCUT2D eigenvalue weighted by atomic mass is 9.92. The number of carbonyl (C=O) groups excluding carboxylic acids is 1. The lowest BCUT2D eigenvalue weighted by Gasteiger charge is -2.14. The van der Waals surface area contributed by atoms with Crippen LogP contribution in [0.3, 0.4) is 0 Å². The van der Waals surface area contributed by atoms with Crippen LogP contribution in [0.4, 0.5) is 16.2 Å². The summed E-state index contributed by atoms with van der Waals surface area (Å²) in [5, 5.41) is 17.8. The van der Waals surface area contributed by atoms with Gasteiger partial charge in [0.1, 0.15) is 0 Å². The molecule has 4 nitrogen and oxygen atoms in total. The lowest BCUT2D eigenvalue weighted by molar-refractivity contribution is 0.262. The number of urea groups is 1. The summed E-state index contributed by atoms with van der Waals surface area (Å²) in [5.74, 6) is -0.475. The Labute approximate surface area is 179 Å². The summed E-state index contributed by atoms with van der Waals surface area (Å²) in [6, 6.07) is 30.2. The fourth-order valence-corrected chi connectivity index (χ4v) is 3.72. The van der Waals surface area contributed by atoms with E-state index < -0.39 is 5.92 Å². The number of nitrogens with one attached hydrogen (secondary N) is 2. The van der Waals surface area contributed by atoms with Crippen LogP contribution in [0.25, 0.3) is 10.8 Å². The van der Waals surface area contributed by atoms with Gasteiger partial charge in [-0.15, -0.1) is 0 Å². The Morgan fingerprint density at radius 3 is 2.37 bits per heavy atom. The van der Waals surface area contributed by atoms with E-state index >= 15 is 0 Å². The first kappa shape index (κ1) is 19.5. The first-order chi connectivity index (χ1) is 14.7. The molecule has 4 rings (SSSR count). The number of fused-ring (bicyclic) bond motifs is 1. The van der Waals surface area contributed by atoms with Crippen LogP contribution in [0.15, 0.2) is 91.0 Å². The quantitative estimate of drug-likeness (QED) is 0.388. The smallest absolute Gasteiger partial charge is 0.308 e. The molecule has 0 saturated heterocycles. The van der Waals surface area contributed by atoms with Crippen LogP contribution in [-0.2, 0) is 0 Å². The molecule has 30 heavy (non-hydrogen) atoms. The van der Waals surface area contributed by atoms with Gasteiger partial charge in [0, 0.05) is 16.1 Å². The summed E-state index contributed by atoms with van der Waals surface area (Å²) < 4.78 is 0. The third-order valence-electron chi connectivity index (χ3n) is 4.87. The largest absolute Gasteiger partial charge is 0.323 e. The van der Waals surface area contributed by atoms with E-state index in [1.54, 1.807) is 18.2 Å². The third kappa shape index (κ3) is 4.12. The number of halogens is 1. The average Bonchev–Trinajstić information content (AvgIpc) is 2.77. The van der Waals surface area contributed by atoms with Gasteiger partial charge in [-0.05, 0) is 34.7 Å². The molecule has 0 aliphatic rings. The molecule has 0 radical (unpaired) electrons. The second-order valence-corrected chi connectivity index (χ2v) is 7.22. The van der Waals surface area contributed by atoms with Crippen molar-refractivity contribution < 1.29 is 4.79 Å². The summed E-state index contributed by atoms with van der Waals surface area (Å²) >= 11 is 6.45. The van der Waals surface area contributed by atoms with E-state index in [-0.39, 0.29) is 6.03 Å². The molecular formula is C25H18ClN3O. The average molecular weight is 412 g/mol. The minimum atomic E-state index is -0.475. The standard InChI is InChI=1S/C25H18ClN3O/c26-23-15-19(13-14-21(23)22(16-27)18-7-2-1-3-8-18)28-25(30)29-24-12-6-10-17-9-4-5-11-20(17)24/h1-15,22H,(H2,28,29,30)/t22-/m1/s1. The number of rotatable bonds is 4. The second-order valence-electron chi connectivity index (χ2n) is 6.81. The zero-order valence-electron chi connectivity index (χ0n) is 16.0. The molecule has 1 atom stereocenters. The van der Waals surface area contributed by atoms with Gasteiger partial charge in [-0.3, -0.25) is 0 Å². The number of hydrogen-bond donors (Lipinski definition) is 2. The molecule has 0 aliphatic heterocycles. The summed E-state index contributed by atoms with van der Waals surface area (Å²) in [4.78, 5) is 12.5. The van der Waals surface area contributed by atoms with Crippen LogP contribution in [0.2, 0.25) is 5.02 Å². The minimum Gasteiger partial charge on any atom is -0.308 e. The normalized spacial score (nSPS) is 11.5. The van der Waals surface area contributed by atoms with Crippen molar-refractivity contribution in [1.82, 2.24) is 0 Å². The van der Waals surface area contributed by atoms with E-state index in [9.17, 15) is 10.1 Å². The molecule has 4 aromatic rings. The van der Waals surface area contributed by atoms with Crippen molar-refractivity contribution in [3.05, 3.63) is 107 Å². The van der Waals surface area contributed by atoms with Crippen molar-refractivity contribution in [2.45, 2.75) is 5.92 Å². The molecule has 4 aromatic carbocycles.